The number of halogens is 3. The third-order valence-corrected chi connectivity index (χ3v) is 4.55. The first kappa shape index (κ1) is 24.5. The normalized spacial score (nSPS) is 12.0. The van der Waals surface area contributed by atoms with Crippen molar-refractivity contribution in [1.29, 1.82) is 0 Å². The molecule has 0 saturated carbocycles. The summed E-state index contributed by atoms with van der Waals surface area (Å²) < 4.78 is 0. The van der Waals surface area contributed by atoms with E-state index in [0.717, 1.165) is 24.2 Å². The second-order valence-electron chi connectivity index (χ2n) is 6.16. The quantitative estimate of drug-likeness (QED) is 0.276. The third-order valence-electron chi connectivity index (χ3n) is 3.99. The molecular weight excluding hydrogens is 510 g/mol. The van der Waals surface area contributed by atoms with Gasteiger partial charge in [-0.25, -0.2) is 0 Å². The van der Waals surface area contributed by atoms with E-state index < -0.39 is 0 Å². The van der Waals surface area contributed by atoms with E-state index in [0.29, 0.717) is 16.0 Å². The van der Waals surface area contributed by atoms with Crippen molar-refractivity contribution < 1.29 is 4.79 Å². The Morgan fingerprint density at radius 3 is 2.39 bits per heavy atom. The summed E-state index contributed by atoms with van der Waals surface area (Å²) in [6.45, 7) is 4.23. The molecule has 0 aliphatic rings. The van der Waals surface area contributed by atoms with Crippen LogP contribution in [0, 0.1) is 0 Å². The minimum Gasteiger partial charge on any atom is -0.356 e. The van der Waals surface area contributed by atoms with Gasteiger partial charge in [0.25, 0.3) is 0 Å². The topological polar surface area (TPSA) is 65.5 Å². The van der Waals surface area contributed by atoms with Gasteiger partial charge in [0.2, 0.25) is 5.91 Å². The monoisotopic (exact) mass is 534 g/mol. The Bertz CT molecular complexity index is 812. The molecule has 28 heavy (non-hydrogen) atoms. The molecule has 0 fully saturated rings. The first-order valence-electron chi connectivity index (χ1n) is 8.67. The van der Waals surface area contributed by atoms with Crippen molar-refractivity contribution in [2.45, 2.75) is 26.3 Å². The summed E-state index contributed by atoms with van der Waals surface area (Å²) in [5.41, 5.74) is 2.92. The van der Waals surface area contributed by atoms with Gasteiger partial charge in [0.1, 0.15) is 0 Å². The standard InChI is InChI=1S/C20H24Cl2N4O.HI/c1-13(18-9-6-16(21)12-19(18)22)25-20(23-3)24-11-10-15-4-7-17(8-5-15)26-14(2)27;/h4-9,12-13H,10-11H2,1-3H3,(H,26,27)(H2,23,24,25);1H. The zero-order chi connectivity index (χ0) is 19.8. The van der Waals surface area contributed by atoms with Crippen molar-refractivity contribution in [2.75, 3.05) is 18.9 Å². The van der Waals surface area contributed by atoms with Crippen molar-refractivity contribution in [3.05, 3.63) is 63.6 Å². The summed E-state index contributed by atoms with van der Waals surface area (Å²) in [7, 11) is 1.73. The molecule has 0 bridgehead atoms. The zero-order valence-corrected chi connectivity index (χ0v) is 19.9. The number of hydrogen-bond donors (Lipinski definition) is 3. The van der Waals surface area contributed by atoms with Crippen LogP contribution in [0.2, 0.25) is 10.0 Å². The number of aliphatic imine (C=N–C) groups is 1. The van der Waals surface area contributed by atoms with E-state index in [4.69, 9.17) is 23.2 Å². The summed E-state index contributed by atoms with van der Waals surface area (Å²) in [5.74, 6) is 0.623. The largest absolute Gasteiger partial charge is 0.356 e. The van der Waals surface area contributed by atoms with Crippen LogP contribution in [-0.2, 0) is 11.2 Å². The van der Waals surface area contributed by atoms with E-state index >= 15 is 0 Å². The lowest BCUT2D eigenvalue weighted by Gasteiger charge is -2.19. The molecule has 0 spiro atoms. The van der Waals surface area contributed by atoms with E-state index in [1.54, 1.807) is 13.1 Å². The Hall–Kier alpha value is -1.51. The molecule has 1 unspecified atom stereocenters. The molecule has 0 saturated heterocycles. The average Bonchev–Trinajstić information content (AvgIpc) is 2.61. The maximum atomic E-state index is 11.1. The Balaban J connectivity index is 0.00000392. The Labute approximate surface area is 193 Å². The lowest BCUT2D eigenvalue weighted by molar-refractivity contribution is -0.114. The second kappa shape index (κ2) is 12.1. The van der Waals surface area contributed by atoms with E-state index in [9.17, 15) is 4.79 Å². The van der Waals surface area contributed by atoms with Crippen LogP contribution < -0.4 is 16.0 Å². The maximum absolute atomic E-state index is 11.1. The van der Waals surface area contributed by atoms with Gasteiger partial charge in [0, 0.05) is 36.2 Å². The highest BCUT2D eigenvalue weighted by Gasteiger charge is 2.11. The number of carbonyl (C=O) groups is 1. The van der Waals surface area contributed by atoms with Crippen molar-refractivity contribution in [2.24, 2.45) is 4.99 Å². The van der Waals surface area contributed by atoms with Gasteiger partial charge in [-0.05, 0) is 48.7 Å². The summed E-state index contributed by atoms with van der Waals surface area (Å²) in [6, 6.07) is 13.2. The third kappa shape index (κ3) is 7.85. The van der Waals surface area contributed by atoms with E-state index in [-0.39, 0.29) is 35.9 Å². The van der Waals surface area contributed by atoms with Crippen LogP contribution in [0.1, 0.15) is 31.0 Å². The number of benzene rings is 2. The SMILES string of the molecule is CN=C(NCCc1ccc(NC(C)=O)cc1)NC(C)c1ccc(Cl)cc1Cl.I. The molecule has 2 rings (SSSR count). The number of nitrogens with one attached hydrogen (secondary N) is 3. The summed E-state index contributed by atoms with van der Waals surface area (Å²) in [4.78, 5) is 15.3. The molecule has 2 aromatic rings. The Kier molecular flexibility index (Phi) is 10.6. The number of carbonyl (C=O) groups excluding carboxylic acids is 1. The van der Waals surface area contributed by atoms with Crippen LogP contribution >= 0.6 is 47.2 Å². The molecule has 3 N–H and O–H groups in total. The number of hydrogen-bond acceptors (Lipinski definition) is 2. The number of amides is 1. The molecule has 1 amide bonds. The van der Waals surface area contributed by atoms with Gasteiger partial charge in [-0.3, -0.25) is 9.79 Å². The highest BCUT2D eigenvalue weighted by atomic mass is 127. The minimum absolute atomic E-state index is 0. The van der Waals surface area contributed by atoms with E-state index in [2.05, 4.69) is 20.9 Å². The van der Waals surface area contributed by atoms with Gasteiger partial charge in [-0.2, -0.15) is 0 Å². The number of nitrogens with zero attached hydrogens (tertiary/aromatic N) is 1. The molecule has 2 aromatic carbocycles. The molecule has 8 heteroatoms. The highest BCUT2D eigenvalue weighted by Crippen LogP contribution is 2.25. The molecule has 0 aromatic heterocycles. The Morgan fingerprint density at radius 2 is 1.82 bits per heavy atom. The van der Waals surface area contributed by atoms with E-state index in [1.165, 1.54) is 12.5 Å². The summed E-state index contributed by atoms with van der Waals surface area (Å²) in [6.07, 6.45) is 0.830. The van der Waals surface area contributed by atoms with Crippen LogP contribution in [0.25, 0.3) is 0 Å². The zero-order valence-electron chi connectivity index (χ0n) is 16.1. The molecule has 152 valence electrons. The van der Waals surface area contributed by atoms with Gasteiger partial charge < -0.3 is 16.0 Å². The fourth-order valence-electron chi connectivity index (χ4n) is 2.61. The van der Waals surface area contributed by atoms with Gasteiger partial charge in [0.15, 0.2) is 5.96 Å². The van der Waals surface area contributed by atoms with Crippen molar-refractivity contribution >= 4 is 64.7 Å². The molecule has 0 heterocycles. The summed E-state index contributed by atoms with van der Waals surface area (Å²) >= 11 is 12.2. The lowest BCUT2D eigenvalue weighted by Crippen LogP contribution is -2.39. The molecule has 1 atom stereocenters. The fourth-order valence-corrected chi connectivity index (χ4v) is 3.19. The molecule has 0 aliphatic carbocycles. The summed E-state index contributed by atoms with van der Waals surface area (Å²) in [5, 5.41) is 10.6. The first-order valence-corrected chi connectivity index (χ1v) is 9.43. The van der Waals surface area contributed by atoms with Crippen LogP contribution in [0.15, 0.2) is 47.5 Å². The highest BCUT2D eigenvalue weighted by molar-refractivity contribution is 14.0. The second-order valence-corrected chi connectivity index (χ2v) is 7.00. The molecule has 0 radical (unpaired) electrons. The lowest BCUT2D eigenvalue weighted by atomic mass is 10.1. The minimum atomic E-state index is -0.0748. The first-order chi connectivity index (χ1) is 12.9. The van der Waals surface area contributed by atoms with Crippen molar-refractivity contribution in [3.8, 4) is 0 Å². The van der Waals surface area contributed by atoms with E-state index in [1.807, 2.05) is 43.3 Å². The molecule has 0 aliphatic heterocycles. The predicted octanol–water partition coefficient (Wildman–Crippen LogP) is 5.04. The molecule has 5 nitrogen and oxygen atoms in total. The van der Waals surface area contributed by atoms with Crippen LogP contribution in [0.3, 0.4) is 0 Å². The van der Waals surface area contributed by atoms with Gasteiger partial charge in [0.05, 0.1) is 6.04 Å². The Morgan fingerprint density at radius 1 is 1.14 bits per heavy atom. The average molecular weight is 535 g/mol. The number of guanidine groups is 1. The van der Waals surface area contributed by atoms with Crippen LogP contribution in [0.5, 0.6) is 0 Å². The van der Waals surface area contributed by atoms with Crippen LogP contribution in [-0.4, -0.2) is 25.5 Å². The van der Waals surface area contributed by atoms with Gasteiger partial charge in [-0.15, -0.1) is 24.0 Å². The number of rotatable bonds is 6. The predicted molar refractivity (Wildman–Crippen MR) is 129 cm³/mol. The maximum Gasteiger partial charge on any atom is 0.221 e. The fraction of sp³-hybridized carbons (Fsp3) is 0.300. The number of anilines is 1. The smallest absolute Gasteiger partial charge is 0.221 e. The van der Waals surface area contributed by atoms with Crippen molar-refractivity contribution in [3.63, 3.8) is 0 Å². The van der Waals surface area contributed by atoms with Crippen LogP contribution in [0.4, 0.5) is 5.69 Å². The van der Waals surface area contributed by atoms with Gasteiger partial charge >= 0.3 is 0 Å². The molecular formula is C20H25Cl2IN4O. The van der Waals surface area contributed by atoms with Gasteiger partial charge in [-0.1, -0.05) is 41.4 Å². The van der Waals surface area contributed by atoms with Crippen molar-refractivity contribution in [1.82, 2.24) is 10.6 Å².